The van der Waals surface area contributed by atoms with E-state index in [2.05, 4.69) is 25.6 Å². The van der Waals surface area contributed by atoms with Gasteiger partial charge in [-0.3, -0.25) is 9.78 Å². The molecule has 1 aliphatic heterocycles. The normalized spacial score (nSPS) is 12.0. The largest absolute Gasteiger partial charge is 0.454 e. The number of aromatic nitrogens is 3. The van der Waals surface area contributed by atoms with Crippen LogP contribution in [-0.2, 0) is 6.54 Å². The van der Waals surface area contributed by atoms with Crippen molar-refractivity contribution >= 4 is 28.3 Å². The lowest BCUT2D eigenvalue weighted by Gasteiger charge is -2.09. The molecule has 0 radical (unpaired) electrons. The van der Waals surface area contributed by atoms with Gasteiger partial charge < -0.3 is 20.1 Å². The molecular formula is C22H17N5O3. The topological polar surface area (TPSA) is 98.3 Å². The van der Waals surface area contributed by atoms with Crippen molar-refractivity contribution < 1.29 is 14.3 Å². The molecule has 5 rings (SSSR count). The van der Waals surface area contributed by atoms with E-state index in [-0.39, 0.29) is 18.4 Å². The molecular weight excluding hydrogens is 382 g/mol. The molecule has 8 nitrogen and oxygen atoms in total. The first-order valence-electron chi connectivity index (χ1n) is 9.36. The summed E-state index contributed by atoms with van der Waals surface area (Å²) in [4.78, 5) is 25.3. The molecule has 1 aliphatic rings. The molecule has 0 saturated carbocycles. The van der Waals surface area contributed by atoms with Gasteiger partial charge in [-0.15, -0.1) is 0 Å². The average molecular weight is 399 g/mol. The van der Waals surface area contributed by atoms with Gasteiger partial charge in [-0.2, -0.15) is 0 Å². The molecule has 0 bridgehead atoms. The van der Waals surface area contributed by atoms with Gasteiger partial charge in [0.2, 0.25) is 6.79 Å². The first kappa shape index (κ1) is 17.9. The Kier molecular flexibility index (Phi) is 4.57. The molecule has 8 heteroatoms. The zero-order valence-corrected chi connectivity index (χ0v) is 15.8. The minimum absolute atomic E-state index is 0.218. The number of benzene rings is 2. The molecule has 2 N–H and O–H groups in total. The Morgan fingerprint density at radius 2 is 1.87 bits per heavy atom. The van der Waals surface area contributed by atoms with Crippen LogP contribution in [-0.4, -0.2) is 27.7 Å². The highest BCUT2D eigenvalue weighted by Gasteiger charge is 2.14. The minimum Gasteiger partial charge on any atom is -0.454 e. The van der Waals surface area contributed by atoms with E-state index in [9.17, 15) is 4.79 Å². The van der Waals surface area contributed by atoms with Crippen LogP contribution in [0, 0.1) is 0 Å². The lowest BCUT2D eigenvalue weighted by Crippen LogP contribution is -2.24. The number of para-hydroxylation sites is 1. The molecule has 2 aromatic carbocycles. The van der Waals surface area contributed by atoms with Gasteiger partial charge >= 0.3 is 0 Å². The number of anilines is 2. The molecule has 0 saturated heterocycles. The molecule has 0 aliphatic carbocycles. The molecule has 0 fully saturated rings. The van der Waals surface area contributed by atoms with E-state index in [4.69, 9.17) is 9.47 Å². The molecule has 4 aromatic rings. The number of fused-ring (bicyclic) bond motifs is 2. The summed E-state index contributed by atoms with van der Waals surface area (Å²) >= 11 is 0. The van der Waals surface area contributed by atoms with Crippen molar-refractivity contribution in [3.05, 3.63) is 78.4 Å². The van der Waals surface area contributed by atoms with E-state index in [0.29, 0.717) is 23.9 Å². The Bertz CT molecular complexity index is 1220. The lowest BCUT2D eigenvalue weighted by atomic mass is 10.2. The summed E-state index contributed by atoms with van der Waals surface area (Å²) < 4.78 is 10.6. The van der Waals surface area contributed by atoms with Crippen LogP contribution in [0.5, 0.6) is 11.5 Å². The Balaban J connectivity index is 1.25. The van der Waals surface area contributed by atoms with Gasteiger partial charge in [0.1, 0.15) is 11.5 Å². The summed E-state index contributed by atoms with van der Waals surface area (Å²) in [5.74, 6) is 1.61. The Morgan fingerprint density at radius 3 is 2.77 bits per heavy atom. The van der Waals surface area contributed by atoms with Crippen molar-refractivity contribution in [1.29, 1.82) is 0 Å². The number of hydrogen-bond acceptors (Lipinski definition) is 7. The van der Waals surface area contributed by atoms with Crippen molar-refractivity contribution in [2.45, 2.75) is 6.54 Å². The van der Waals surface area contributed by atoms with Gasteiger partial charge in [-0.05, 0) is 29.8 Å². The van der Waals surface area contributed by atoms with Crippen molar-refractivity contribution in [2.24, 2.45) is 0 Å². The van der Waals surface area contributed by atoms with Gasteiger partial charge in [0.15, 0.2) is 11.5 Å². The quantitative estimate of drug-likeness (QED) is 0.530. The van der Waals surface area contributed by atoms with Crippen LogP contribution >= 0.6 is 0 Å². The van der Waals surface area contributed by atoms with E-state index < -0.39 is 0 Å². The summed E-state index contributed by atoms with van der Waals surface area (Å²) in [6.07, 6.45) is 4.71. The van der Waals surface area contributed by atoms with Gasteiger partial charge in [0.25, 0.3) is 5.91 Å². The Morgan fingerprint density at radius 1 is 0.967 bits per heavy atom. The maximum Gasteiger partial charge on any atom is 0.271 e. The van der Waals surface area contributed by atoms with E-state index >= 15 is 0 Å². The highest BCUT2D eigenvalue weighted by Crippen LogP contribution is 2.32. The Hall–Kier alpha value is -4.20. The van der Waals surface area contributed by atoms with Crippen molar-refractivity contribution in [3.63, 3.8) is 0 Å². The average Bonchev–Trinajstić information content (AvgIpc) is 3.26. The number of hydrogen-bond donors (Lipinski definition) is 2. The van der Waals surface area contributed by atoms with E-state index in [1.54, 1.807) is 6.20 Å². The number of carbonyl (C=O) groups excluding carboxylic acids is 1. The molecule has 0 spiro atoms. The third-order valence-corrected chi connectivity index (χ3v) is 4.67. The summed E-state index contributed by atoms with van der Waals surface area (Å²) in [6, 6.07) is 15.3. The third-order valence-electron chi connectivity index (χ3n) is 4.67. The molecule has 0 atom stereocenters. The van der Waals surface area contributed by atoms with Crippen LogP contribution in [0.15, 0.2) is 67.1 Å². The smallest absolute Gasteiger partial charge is 0.271 e. The molecule has 30 heavy (non-hydrogen) atoms. The second-order valence-electron chi connectivity index (χ2n) is 6.66. The molecule has 1 amide bonds. The number of carbonyl (C=O) groups is 1. The summed E-state index contributed by atoms with van der Waals surface area (Å²) in [7, 11) is 0. The molecule has 148 valence electrons. The van der Waals surface area contributed by atoms with Crippen LogP contribution in [0.2, 0.25) is 0 Å². The standard InChI is InChI=1S/C22H17N5O3/c28-22(26-10-14-6-7-18-19(9-14)30-13-29-18)17-11-25-20(12-24-17)27-16-5-1-3-15-4-2-8-23-21(15)16/h1-9,11-12H,10,13H2,(H,25,27)(H,26,28). The zero-order valence-electron chi connectivity index (χ0n) is 15.8. The maximum atomic E-state index is 12.4. The van der Waals surface area contributed by atoms with Crippen molar-refractivity contribution in [3.8, 4) is 11.5 Å². The number of amides is 1. The fourth-order valence-electron chi connectivity index (χ4n) is 3.18. The van der Waals surface area contributed by atoms with Crippen LogP contribution in [0.3, 0.4) is 0 Å². The van der Waals surface area contributed by atoms with Gasteiger partial charge in [-0.1, -0.05) is 24.3 Å². The summed E-state index contributed by atoms with van der Waals surface area (Å²) in [6.45, 7) is 0.564. The van der Waals surface area contributed by atoms with Gasteiger partial charge in [-0.25, -0.2) is 9.97 Å². The third kappa shape index (κ3) is 3.58. The van der Waals surface area contributed by atoms with Crippen molar-refractivity contribution in [1.82, 2.24) is 20.3 Å². The monoisotopic (exact) mass is 399 g/mol. The predicted octanol–water partition coefficient (Wildman–Crippen LogP) is 3.43. The van der Waals surface area contributed by atoms with Crippen LogP contribution < -0.4 is 20.1 Å². The van der Waals surface area contributed by atoms with Crippen molar-refractivity contribution in [2.75, 3.05) is 12.1 Å². The maximum absolute atomic E-state index is 12.4. The lowest BCUT2D eigenvalue weighted by molar-refractivity contribution is 0.0945. The second-order valence-corrected chi connectivity index (χ2v) is 6.66. The highest BCUT2D eigenvalue weighted by atomic mass is 16.7. The molecule has 3 heterocycles. The summed E-state index contributed by atoms with van der Waals surface area (Å²) in [5.41, 5.74) is 2.80. The first-order chi connectivity index (χ1) is 14.8. The molecule has 2 aromatic heterocycles. The van der Waals surface area contributed by atoms with E-state index in [1.165, 1.54) is 12.4 Å². The van der Waals surface area contributed by atoms with E-state index in [0.717, 1.165) is 22.2 Å². The number of nitrogens with one attached hydrogen (secondary N) is 2. The first-order valence-corrected chi connectivity index (χ1v) is 9.36. The van der Waals surface area contributed by atoms with Crippen LogP contribution in [0.4, 0.5) is 11.5 Å². The fourth-order valence-corrected chi connectivity index (χ4v) is 3.18. The summed E-state index contributed by atoms with van der Waals surface area (Å²) in [5, 5.41) is 7.06. The zero-order chi connectivity index (χ0) is 20.3. The van der Waals surface area contributed by atoms with Crippen LogP contribution in [0.1, 0.15) is 16.1 Å². The number of nitrogens with zero attached hydrogens (tertiary/aromatic N) is 3. The van der Waals surface area contributed by atoms with Gasteiger partial charge in [0.05, 0.1) is 23.6 Å². The second kappa shape index (κ2) is 7.67. The highest BCUT2D eigenvalue weighted by molar-refractivity contribution is 5.93. The fraction of sp³-hybridized carbons (Fsp3) is 0.0909. The number of pyridine rings is 1. The minimum atomic E-state index is -0.307. The molecule has 0 unspecified atom stereocenters. The Labute approximate surface area is 171 Å². The SMILES string of the molecule is O=C(NCc1ccc2c(c1)OCO2)c1cnc(Nc2cccc3cccnc23)cn1. The van der Waals surface area contributed by atoms with Crippen LogP contribution in [0.25, 0.3) is 10.9 Å². The van der Waals surface area contributed by atoms with Gasteiger partial charge in [0, 0.05) is 18.1 Å². The predicted molar refractivity (Wildman–Crippen MR) is 111 cm³/mol. The number of ether oxygens (including phenoxy) is 2. The van der Waals surface area contributed by atoms with E-state index in [1.807, 2.05) is 48.5 Å². The number of rotatable bonds is 5.